The highest BCUT2D eigenvalue weighted by Crippen LogP contribution is 2.29. The van der Waals surface area contributed by atoms with Crippen molar-refractivity contribution in [2.24, 2.45) is 5.92 Å². The first-order chi connectivity index (χ1) is 8.31. The third-order valence-corrected chi connectivity index (χ3v) is 3.47. The molecule has 0 amide bonds. The van der Waals surface area contributed by atoms with Crippen LogP contribution in [0.15, 0.2) is 10.7 Å². The predicted octanol–water partition coefficient (Wildman–Crippen LogP) is 2.74. The first-order valence-electron chi connectivity index (χ1n) is 6.57. The molecule has 1 aliphatic carbocycles. The maximum atomic E-state index is 5.81. The summed E-state index contributed by atoms with van der Waals surface area (Å²) in [6, 6.07) is 0. The molecule has 96 valence electrons. The maximum Gasteiger partial charge on any atom is 0.394 e. The summed E-state index contributed by atoms with van der Waals surface area (Å²) in [6.07, 6.45) is 8.48. The van der Waals surface area contributed by atoms with Gasteiger partial charge in [0.15, 0.2) is 0 Å². The van der Waals surface area contributed by atoms with Crippen LogP contribution in [0.4, 0.5) is 0 Å². The van der Waals surface area contributed by atoms with E-state index >= 15 is 0 Å². The Labute approximate surface area is 103 Å². The molecule has 0 saturated heterocycles. The van der Waals surface area contributed by atoms with E-state index < -0.39 is 0 Å². The zero-order valence-electron chi connectivity index (χ0n) is 10.7. The Morgan fingerprint density at radius 2 is 2.41 bits per heavy atom. The zero-order valence-corrected chi connectivity index (χ0v) is 10.7. The Morgan fingerprint density at radius 3 is 3.18 bits per heavy atom. The number of ether oxygens (including phenoxy) is 1. The largest absolute Gasteiger partial charge is 0.447 e. The minimum atomic E-state index is 0.287. The SMILES string of the molecule is CCC1CCCC(Oc2nc(CNC)co2)C1. The molecule has 1 N–H and O–H groups in total. The molecule has 1 saturated carbocycles. The van der Waals surface area contributed by atoms with Crippen LogP contribution >= 0.6 is 0 Å². The first-order valence-corrected chi connectivity index (χ1v) is 6.57. The van der Waals surface area contributed by atoms with Crippen molar-refractivity contribution in [1.82, 2.24) is 10.3 Å². The van der Waals surface area contributed by atoms with Crippen molar-refractivity contribution in [2.45, 2.75) is 51.7 Å². The first kappa shape index (κ1) is 12.4. The van der Waals surface area contributed by atoms with Crippen LogP contribution in [0.3, 0.4) is 0 Å². The third kappa shape index (κ3) is 3.46. The fourth-order valence-electron chi connectivity index (χ4n) is 2.47. The van der Waals surface area contributed by atoms with Gasteiger partial charge in [0, 0.05) is 6.54 Å². The Hall–Kier alpha value is -1.03. The van der Waals surface area contributed by atoms with Gasteiger partial charge >= 0.3 is 6.08 Å². The van der Waals surface area contributed by atoms with Crippen LogP contribution in [0.2, 0.25) is 0 Å². The molecule has 0 bridgehead atoms. The van der Waals surface area contributed by atoms with Crippen molar-refractivity contribution < 1.29 is 9.15 Å². The smallest absolute Gasteiger partial charge is 0.394 e. The third-order valence-electron chi connectivity index (χ3n) is 3.47. The number of hydrogen-bond donors (Lipinski definition) is 1. The topological polar surface area (TPSA) is 47.3 Å². The molecule has 1 aromatic rings. The molecular formula is C13H22N2O2. The van der Waals surface area contributed by atoms with E-state index in [4.69, 9.17) is 9.15 Å². The van der Waals surface area contributed by atoms with Gasteiger partial charge in [-0.2, -0.15) is 4.98 Å². The van der Waals surface area contributed by atoms with Crippen LogP contribution in [0, 0.1) is 5.92 Å². The average molecular weight is 238 g/mol. The van der Waals surface area contributed by atoms with Gasteiger partial charge < -0.3 is 14.5 Å². The lowest BCUT2D eigenvalue weighted by Crippen LogP contribution is -2.25. The molecule has 2 rings (SSSR count). The number of aromatic nitrogens is 1. The molecule has 0 aromatic carbocycles. The Morgan fingerprint density at radius 1 is 1.53 bits per heavy atom. The van der Waals surface area contributed by atoms with Crippen LogP contribution in [0.25, 0.3) is 0 Å². The van der Waals surface area contributed by atoms with Gasteiger partial charge in [-0.3, -0.25) is 0 Å². The van der Waals surface area contributed by atoms with E-state index in [1.54, 1.807) is 6.26 Å². The van der Waals surface area contributed by atoms with Crippen LogP contribution in [-0.2, 0) is 6.54 Å². The minimum Gasteiger partial charge on any atom is -0.447 e. The molecule has 0 aliphatic heterocycles. The van der Waals surface area contributed by atoms with Gasteiger partial charge in [0.1, 0.15) is 12.4 Å². The highest BCUT2D eigenvalue weighted by atomic mass is 16.6. The molecular weight excluding hydrogens is 216 g/mol. The summed E-state index contributed by atoms with van der Waals surface area (Å²) in [5, 5.41) is 3.04. The van der Waals surface area contributed by atoms with Gasteiger partial charge in [-0.05, 0) is 32.2 Å². The number of oxazole rings is 1. The molecule has 0 spiro atoms. The second-order valence-electron chi connectivity index (χ2n) is 4.82. The van der Waals surface area contributed by atoms with Crippen molar-refractivity contribution in [3.8, 4) is 6.08 Å². The van der Waals surface area contributed by atoms with E-state index in [1.165, 1.54) is 19.3 Å². The van der Waals surface area contributed by atoms with E-state index in [0.29, 0.717) is 6.08 Å². The number of hydrogen-bond acceptors (Lipinski definition) is 4. The highest BCUT2D eigenvalue weighted by molar-refractivity contribution is 5.00. The highest BCUT2D eigenvalue weighted by Gasteiger charge is 2.23. The summed E-state index contributed by atoms with van der Waals surface area (Å²) in [4.78, 5) is 4.29. The van der Waals surface area contributed by atoms with Crippen LogP contribution < -0.4 is 10.1 Å². The molecule has 2 unspecified atom stereocenters. The molecule has 1 fully saturated rings. The summed E-state index contributed by atoms with van der Waals surface area (Å²) in [5.41, 5.74) is 0.894. The van der Waals surface area contributed by atoms with Crippen molar-refractivity contribution in [2.75, 3.05) is 7.05 Å². The molecule has 4 heteroatoms. The van der Waals surface area contributed by atoms with Gasteiger partial charge in [-0.15, -0.1) is 0 Å². The van der Waals surface area contributed by atoms with Crippen molar-refractivity contribution in [3.63, 3.8) is 0 Å². The maximum absolute atomic E-state index is 5.81. The monoisotopic (exact) mass is 238 g/mol. The van der Waals surface area contributed by atoms with E-state index in [2.05, 4.69) is 17.2 Å². The fourth-order valence-corrected chi connectivity index (χ4v) is 2.47. The molecule has 0 radical (unpaired) electrons. The lowest BCUT2D eigenvalue weighted by atomic mass is 9.86. The summed E-state index contributed by atoms with van der Waals surface area (Å²) in [7, 11) is 1.89. The molecule has 4 nitrogen and oxygen atoms in total. The predicted molar refractivity (Wildman–Crippen MR) is 65.9 cm³/mol. The summed E-state index contributed by atoms with van der Waals surface area (Å²) in [5.74, 6) is 0.806. The second-order valence-corrected chi connectivity index (χ2v) is 4.82. The van der Waals surface area contributed by atoms with Gasteiger partial charge in [-0.25, -0.2) is 0 Å². The summed E-state index contributed by atoms with van der Waals surface area (Å²) >= 11 is 0. The van der Waals surface area contributed by atoms with E-state index in [0.717, 1.165) is 31.0 Å². The Bertz CT molecular complexity index is 338. The standard InChI is InChI=1S/C13H22N2O2/c1-3-10-5-4-6-12(7-10)17-13-15-11(8-14-2)9-16-13/h9-10,12,14H,3-8H2,1-2H3. The lowest BCUT2D eigenvalue weighted by molar-refractivity contribution is 0.0887. The summed E-state index contributed by atoms with van der Waals surface area (Å²) < 4.78 is 11.1. The summed E-state index contributed by atoms with van der Waals surface area (Å²) in [6.45, 7) is 2.97. The van der Waals surface area contributed by atoms with Crippen molar-refractivity contribution in [1.29, 1.82) is 0 Å². The normalized spacial score (nSPS) is 24.8. The fraction of sp³-hybridized carbons (Fsp3) is 0.769. The van der Waals surface area contributed by atoms with Crippen LogP contribution in [0.5, 0.6) is 6.08 Å². The van der Waals surface area contributed by atoms with Gasteiger partial charge in [0.05, 0.1) is 5.69 Å². The molecule has 1 heterocycles. The van der Waals surface area contributed by atoms with Crippen LogP contribution in [-0.4, -0.2) is 18.1 Å². The Balaban J connectivity index is 1.86. The number of rotatable bonds is 5. The van der Waals surface area contributed by atoms with Crippen LogP contribution in [0.1, 0.15) is 44.7 Å². The minimum absolute atomic E-state index is 0.287. The molecule has 1 aromatic heterocycles. The Kier molecular flexibility index (Phi) is 4.42. The van der Waals surface area contributed by atoms with E-state index in [9.17, 15) is 0 Å². The lowest BCUT2D eigenvalue weighted by Gasteiger charge is -2.27. The van der Waals surface area contributed by atoms with E-state index in [-0.39, 0.29) is 6.10 Å². The van der Waals surface area contributed by atoms with Gasteiger partial charge in [0.2, 0.25) is 0 Å². The average Bonchev–Trinajstić information content (AvgIpc) is 2.77. The quantitative estimate of drug-likeness (QED) is 0.856. The second kappa shape index (κ2) is 6.05. The number of nitrogens with zero attached hydrogens (tertiary/aromatic N) is 1. The zero-order chi connectivity index (χ0) is 12.1. The van der Waals surface area contributed by atoms with Gasteiger partial charge in [-0.1, -0.05) is 19.8 Å². The molecule has 2 atom stereocenters. The number of nitrogens with one attached hydrogen (secondary N) is 1. The molecule has 17 heavy (non-hydrogen) atoms. The van der Waals surface area contributed by atoms with E-state index in [1.807, 2.05) is 7.05 Å². The molecule has 1 aliphatic rings. The van der Waals surface area contributed by atoms with Gasteiger partial charge in [0.25, 0.3) is 0 Å². The van der Waals surface area contributed by atoms with Crippen molar-refractivity contribution >= 4 is 0 Å². The van der Waals surface area contributed by atoms with Crippen molar-refractivity contribution in [3.05, 3.63) is 12.0 Å².